The number of hydrogen-bond acceptors (Lipinski definition) is 3. The zero-order chi connectivity index (χ0) is 14.8. The van der Waals surface area contributed by atoms with Gasteiger partial charge in [0.25, 0.3) is 5.69 Å². The molecule has 1 fully saturated rings. The summed E-state index contributed by atoms with van der Waals surface area (Å²) in [5.41, 5.74) is 2.43. The minimum absolute atomic E-state index is 0.216. The molecule has 110 valence electrons. The lowest BCUT2D eigenvalue weighted by molar-refractivity contribution is -0.385. The Hall–Kier alpha value is -1.42. The van der Waals surface area contributed by atoms with Crippen molar-refractivity contribution >= 4 is 5.69 Å². The summed E-state index contributed by atoms with van der Waals surface area (Å²) in [6, 6.07) is 5.84. The van der Waals surface area contributed by atoms with E-state index in [2.05, 4.69) is 19.2 Å². The molecule has 1 saturated carbocycles. The average molecular weight is 276 g/mol. The molecule has 4 heteroatoms. The highest BCUT2D eigenvalue weighted by Gasteiger charge is 2.27. The molecule has 1 atom stereocenters. The second-order valence-corrected chi connectivity index (χ2v) is 6.66. The van der Waals surface area contributed by atoms with E-state index in [4.69, 9.17) is 0 Å². The van der Waals surface area contributed by atoms with Crippen LogP contribution in [0, 0.1) is 22.5 Å². The van der Waals surface area contributed by atoms with Crippen molar-refractivity contribution in [2.75, 3.05) is 0 Å². The Bertz CT molecular complexity index is 497. The van der Waals surface area contributed by atoms with Crippen molar-refractivity contribution in [2.24, 2.45) is 5.41 Å². The highest BCUT2D eigenvalue weighted by atomic mass is 16.6. The topological polar surface area (TPSA) is 55.2 Å². The Morgan fingerprint density at radius 2 is 2.20 bits per heavy atom. The van der Waals surface area contributed by atoms with Gasteiger partial charge in [0.2, 0.25) is 0 Å². The van der Waals surface area contributed by atoms with Crippen molar-refractivity contribution in [3.63, 3.8) is 0 Å². The molecule has 0 heterocycles. The van der Waals surface area contributed by atoms with Gasteiger partial charge in [-0.1, -0.05) is 32.4 Å². The first kappa shape index (κ1) is 15.0. The molecule has 0 radical (unpaired) electrons. The van der Waals surface area contributed by atoms with Gasteiger partial charge in [-0.25, -0.2) is 0 Å². The summed E-state index contributed by atoms with van der Waals surface area (Å²) in [7, 11) is 0. The molecule has 1 unspecified atom stereocenters. The molecule has 1 N–H and O–H groups in total. The summed E-state index contributed by atoms with van der Waals surface area (Å²) in [6.07, 6.45) is 4.94. The van der Waals surface area contributed by atoms with Crippen LogP contribution in [-0.2, 0) is 6.54 Å². The minimum atomic E-state index is -0.303. The van der Waals surface area contributed by atoms with Gasteiger partial charge in [0, 0.05) is 24.2 Å². The fourth-order valence-electron chi connectivity index (χ4n) is 3.19. The Balaban J connectivity index is 2.01. The molecule has 0 spiro atoms. The van der Waals surface area contributed by atoms with Crippen LogP contribution >= 0.6 is 0 Å². The number of nitrogens with one attached hydrogen (secondary N) is 1. The van der Waals surface area contributed by atoms with Crippen LogP contribution in [0.15, 0.2) is 18.2 Å². The molecule has 0 amide bonds. The van der Waals surface area contributed by atoms with E-state index in [-0.39, 0.29) is 10.6 Å². The summed E-state index contributed by atoms with van der Waals surface area (Å²) in [6.45, 7) is 7.19. The van der Waals surface area contributed by atoms with E-state index >= 15 is 0 Å². The SMILES string of the molecule is Cc1c(CNC2CCCC(C)(C)C2)cccc1[N+](=O)[O-]. The third-order valence-electron chi connectivity index (χ3n) is 4.40. The number of nitrogens with zero attached hydrogens (tertiary/aromatic N) is 1. The first-order chi connectivity index (χ1) is 9.39. The molecule has 0 saturated heterocycles. The molecule has 20 heavy (non-hydrogen) atoms. The van der Waals surface area contributed by atoms with Crippen LogP contribution in [0.2, 0.25) is 0 Å². The van der Waals surface area contributed by atoms with Crippen LogP contribution in [0.5, 0.6) is 0 Å². The zero-order valence-corrected chi connectivity index (χ0v) is 12.6. The van der Waals surface area contributed by atoms with Gasteiger partial charge in [0.05, 0.1) is 4.92 Å². The van der Waals surface area contributed by atoms with Gasteiger partial charge in [0.1, 0.15) is 0 Å². The van der Waals surface area contributed by atoms with E-state index in [1.807, 2.05) is 13.0 Å². The fraction of sp³-hybridized carbons (Fsp3) is 0.625. The maximum atomic E-state index is 11.0. The van der Waals surface area contributed by atoms with E-state index in [0.717, 1.165) is 11.1 Å². The van der Waals surface area contributed by atoms with Crippen molar-refractivity contribution < 1.29 is 4.92 Å². The van der Waals surface area contributed by atoms with Gasteiger partial charge in [0.15, 0.2) is 0 Å². The molecule has 1 aromatic rings. The summed E-state index contributed by atoms with van der Waals surface area (Å²) >= 11 is 0. The lowest BCUT2D eigenvalue weighted by atomic mass is 9.75. The maximum absolute atomic E-state index is 11.0. The van der Waals surface area contributed by atoms with Crippen molar-refractivity contribution in [1.82, 2.24) is 5.32 Å². The van der Waals surface area contributed by atoms with Crippen LogP contribution in [0.25, 0.3) is 0 Å². The number of hydrogen-bond donors (Lipinski definition) is 1. The molecule has 1 aromatic carbocycles. The Morgan fingerprint density at radius 1 is 1.45 bits per heavy atom. The van der Waals surface area contributed by atoms with Gasteiger partial charge in [-0.3, -0.25) is 10.1 Å². The zero-order valence-electron chi connectivity index (χ0n) is 12.6. The predicted molar refractivity (Wildman–Crippen MR) is 80.7 cm³/mol. The van der Waals surface area contributed by atoms with Gasteiger partial charge < -0.3 is 5.32 Å². The monoisotopic (exact) mass is 276 g/mol. The normalized spacial score (nSPS) is 21.6. The minimum Gasteiger partial charge on any atom is -0.310 e. The Morgan fingerprint density at radius 3 is 2.85 bits per heavy atom. The molecule has 1 aliphatic carbocycles. The Labute approximate surface area is 120 Å². The number of rotatable bonds is 4. The van der Waals surface area contributed by atoms with Crippen molar-refractivity contribution in [2.45, 2.75) is 59.0 Å². The van der Waals surface area contributed by atoms with Crippen LogP contribution in [-0.4, -0.2) is 11.0 Å². The quantitative estimate of drug-likeness (QED) is 0.669. The fourth-order valence-corrected chi connectivity index (χ4v) is 3.19. The molecular formula is C16H24N2O2. The summed E-state index contributed by atoms with van der Waals surface area (Å²) in [5.74, 6) is 0. The highest BCUT2D eigenvalue weighted by molar-refractivity contribution is 5.44. The summed E-state index contributed by atoms with van der Waals surface area (Å²) < 4.78 is 0. The molecule has 0 bridgehead atoms. The molecule has 0 aromatic heterocycles. The van der Waals surface area contributed by atoms with Crippen molar-refractivity contribution in [3.05, 3.63) is 39.4 Å². The molecule has 4 nitrogen and oxygen atoms in total. The van der Waals surface area contributed by atoms with Crippen LogP contribution < -0.4 is 5.32 Å². The number of benzene rings is 1. The van der Waals surface area contributed by atoms with Crippen LogP contribution in [0.3, 0.4) is 0 Å². The largest absolute Gasteiger partial charge is 0.310 e. The third-order valence-corrected chi connectivity index (χ3v) is 4.40. The standard InChI is InChI=1S/C16H24N2O2/c1-12-13(6-4-8-15(12)18(19)20)11-17-14-7-5-9-16(2,3)10-14/h4,6,8,14,17H,5,7,9-11H2,1-3H3. The van der Waals surface area contributed by atoms with E-state index in [1.54, 1.807) is 12.1 Å². The van der Waals surface area contributed by atoms with Gasteiger partial charge in [-0.2, -0.15) is 0 Å². The molecule has 0 aliphatic heterocycles. The van der Waals surface area contributed by atoms with E-state index in [9.17, 15) is 10.1 Å². The molecular weight excluding hydrogens is 252 g/mol. The van der Waals surface area contributed by atoms with Gasteiger partial charge in [-0.05, 0) is 37.2 Å². The first-order valence-corrected chi connectivity index (χ1v) is 7.35. The van der Waals surface area contributed by atoms with Crippen molar-refractivity contribution in [1.29, 1.82) is 0 Å². The van der Waals surface area contributed by atoms with Crippen molar-refractivity contribution in [3.8, 4) is 0 Å². The first-order valence-electron chi connectivity index (χ1n) is 7.35. The van der Waals surface area contributed by atoms with E-state index in [0.29, 0.717) is 18.0 Å². The van der Waals surface area contributed by atoms with Gasteiger partial charge >= 0.3 is 0 Å². The second kappa shape index (κ2) is 5.92. The number of nitro benzene ring substituents is 1. The van der Waals surface area contributed by atoms with Crippen LogP contribution in [0.4, 0.5) is 5.69 Å². The molecule has 1 aliphatic rings. The van der Waals surface area contributed by atoms with Gasteiger partial charge in [-0.15, -0.1) is 0 Å². The molecule has 2 rings (SSSR count). The average Bonchev–Trinajstić information content (AvgIpc) is 2.36. The lowest BCUT2D eigenvalue weighted by Crippen LogP contribution is -2.37. The highest BCUT2D eigenvalue weighted by Crippen LogP contribution is 2.35. The smallest absolute Gasteiger partial charge is 0.272 e. The summed E-state index contributed by atoms with van der Waals surface area (Å²) in [4.78, 5) is 10.6. The van der Waals surface area contributed by atoms with Crippen LogP contribution in [0.1, 0.15) is 50.7 Å². The van der Waals surface area contributed by atoms with E-state index in [1.165, 1.54) is 25.7 Å². The summed E-state index contributed by atoms with van der Waals surface area (Å²) in [5, 5.41) is 14.5. The Kier molecular flexibility index (Phi) is 4.43. The predicted octanol–water partition coefficient (Wildman–Crippen LogP) is 3.96. The van der Waals surface area contributed by atoms with E-state index < -0.39 is 0 Å². The second-order valence-electron chi connectivity index (χ2n) is 6.66. The third kappa shape index (κ3) is 3.57. The maximum Gasteiger partial charge on any atom is 0.272 e. The number of nitro groups is 1. The lowest BCUT2D eigenvalue weighted by Gasteiger charge is -2.35.